The number of fused-ring (bicyclic) bond motifs is 1. The van der Waals surface area contributed by atoms with Crippen LogP contribution in [0.3, 0.4) is 0 Å². The largest absolute Gasteiger partial charge is 0.478 e. The van der Waals surface area contributed by atoms with Gasteiger partial charge in [0.15, 0.2) is 11.4 Å². The van der Waals surface area contributed by atoms with Crippen molar-refractivity contribution in [3.8, 4) is 0 Å². The van der Waals surface area contributed by atoms with Gasteiger partial charge in [-0.1, -0.05) is 0 Å². The average Bonchev–Trinajstić information content (AvgIpc) is 2.43. The Hall–Kier alpha value is -3.56. The predicted octanol–water partition coefficient (Wildman–Crippen LogP) is 0.423. The maximum absolute atomic E-state index is 11.2. The fourth-order valence-corrected chi connectivity index (χ4v) is 1.74. The van der Waals surface area contributed by atoms with Crippen LogP contribution in [0.4, 0.5) is 0 Å². The molecule has 0 aliphatic heterocycles. The van der Waals surface area contributed by atoms with E-state index in [1.165, 1.54) is 0 Å². The fourth-order valence-electron chi connectivity index (χ4n) is 1.74. The van der Waals surface area contributed by atoms with E-state index in [4.69, 9.17) is 20.4 Å². The first kappa shape index (κ1) is 14.8. The third-order valence-electron chi connectivity index (χ3n) is 2.65. The second kappa shape index (κ2) is 5.09. The van der Waals surface area contributed by atoms with E-state index >= 15 is 0 Å². The Labute approximate surface area is 120 Å². The average molecular weight is 306 g/mol. The molecule has 0 aliphatic carbocycles. The van der Waals surface area contributed by atoms with Crippen molar-refractivity contribution in [3.63, 3.8) is 0 Å². The summed E-state index contributed by atoms with van der Waals surface area (Å²) in [5, 5.41) is 35.9. The van der Waals surface area contributed by atoms with Crippen LogP contribution in [-0.2, 0) is 0 Å². The number of nitrogens with zero attached hydrogens (tertiary/aromatic N) is 2. The van der Waals surface area contributed by atoms with Gasteiger partial charge in [-0.15, -0.1) is 0 Å². The number of carboxylic acids is 4. The third-order valence-corrected chi connectivity index (χ3v) is 2.65. The second-order valence-electron chi connectivity index (χ2n) is 4.03. The molecule has 0 atom stereocenters. The maximum atomic E-state index is 11.2. The summed E-state index contributed by atoms with van der Waals surface area (Å²) >= 11 is 0. The fraction of sp³-hybridized carbons (Fsp3) is 0. The Balaban J connectivity index is 2.96. The molecule has 0 spiro atoms. The first-order valence-corrected chi connectivity index (χ1v) is 5.51. The number of aromatic carboxylic acids is 4. The van der Waals surface area contributed by atoms with E-state index in [-0.39, 0.29) is 5.52 Å². The highest BCUT2D eigenvalue weighted by Crippen LogP contribution is 2.20. The van der Waals surface area contributed by atoms with Crippen LogP contribution in [0.2, 0.25) is 0 Å². The lowest BCUT2D eigenvalue weighted by atomic mass is 10.1. The van der Waals surface area contributed by atoms with Crippen molar-refractivity contribution < 1.29 is 39.6 Å². The van der Waals surface area contributed by atoms with Crippen molar-refractivity contribution in [3.05, 3.63) is 34.6 Å². The number of rotatable bonds is 4. The Kier molecular flexibility index (Phi) is 3.43. The molecule has 1 aromatic heterocycles. The molecule has 10 heteroatoms. The van der Waals surface area contributed by atoms with E-state index < -0.39 is 51.9 Å². The summed E-state index contributed by atoms with van der Waals surface area (Å²) < 4.78 is 0. The number of hydrogen-bond acceptors (Lipinski definition) is 6. The minimum Gasteiger partial charge on any atom is -0.478 e. The summed E-state index contributed by atoms with van der Waals surface area (Å²) in [5.41, 5.74) is -3.66. The van der Waals surface area contributed by atoms with Crippen LogP contribution in [0.1, 0.15) is 41.7 Å². The van der Waals surface area contributed by atoms with Crippen molar-refractivity contribution in [2.75, 3.05) is 0 Å². The highest BCUT2D eigenvalue weighted by molar-refractivity contribution is 6.07. The summed E-state index contributed by atoms with van der Waals surface area (Å²) in [6, 6.07) is 1.70. The summed E-state index contributed by atoms with van der Waals surface area (Å²) in [5.74, 6) is -6.40. The minimum atomic E-state index is -1.70. The third kappa shape index (κ3) is 2.40. The molecule has 0 saturated heterocycles. The molecule has 2 aromatic rings. The van der Waals surface area contributed by atoms with Crippen molar-refractivity contribution in [1.29, 1.82) is 0 Å². The monoisotopic (exact) mass is 306 g/mol. The summed E-state index contributed by atoms with van der Waals surface area (Å²) in [7, 11) is 0. The van der Waals surface area contributed by atoms with Crippen molar-refractivity contribution >= 4 is 34.9 Å². The van der Waals surface area contributed by atoms with Gasteiger partial charge < -0.3 is 20.4 Å². The topological polar surface area (TPSA) is 175 Å². The molecule has 2 rings (SSSR count). The Morgan fingerprint density at radius 3 is 1.73 bits per heavy atom. The van der Waals surface area contributed by atoms with E-state index in [1.54, 1.807) is 0 Å². The van der Waals surface area contributed by atoms with Gasteiger partial charge in [0.05, 0.1) is 16.6 Å². The first-order chi connectivity index (χ1) is 10.2. The van der Waals surface area contributed by atoms with Gasteiger partial charge in [0.25, 0.3) is 0 Å². The Morgan fingerprint density at radius 2 is 1.27 bits per heavy atom. The summed E-state index contributed by atoms with van der Waals surface area (Å²) in [6.45, 7) is 0. The van der Waals surface area contributed by atoms with Crippen LogP contribution in [-0.4, -0.2) is 54.3 Å². The summed E-state index contributed by atoms with van der Waals surface area (Å²) in [6.07, 6.45) is 0. The number of carbonyl (C=O) groups is 4. The van der Waals surface area contributed by atoms with Crippen molar-refractivity contribution in [2.45, 2.75) is 0 Å². The Morgan fingerprint density at radius 1 is 0.727 bits per heavy atom. The smallest absolute Gasteiger partial charge is 0.357 e. The van der Waals surface area contributed by atoms with E-state index in [9.17, 15) is 19.2 Å². The molecule has 22 heavy (non-hydrogen) atoms. The Bertz CT molecular complexity index is 858. The molecule has 0 bridgehead atoms. The highest BCUT2D eigenvalue weighted by Gasteiger charge is 2.24. The van der Waals surface area contributed by atoms with Crippen molar-refractivity contribution in [1.82, 2.24) is 9.97 Å². The van der Waals surface area contributed by atoms with Gasteiger partial charge in [0, 0.05) is 0 Å². The van der Waals surface area contributed by atoms with Crippen molar-refractivity contribution in [2.24, 2.45) is 0 Å². The molecule has 0 fully saturated rings. The quantitative estimate of drug-likeness (QED) is 0.619. The molecule has 112 valence electrons. The molecular formula is C12H6N2O8. The van der Waals surface area contributed by atoms with Crippen LogP contribution >= 0.6 is 0 Å². The van der Waals surface area contributed by atoms with Gasteiger partial charge in [0.1, 0.15) is 5.52 Å². The molecule has 4 N–H and O–H groups in total. The molecule has 0 unspecified atom stereocenters. The zero-order valence-electron chi connectivity index (χ0n) is 10.5. The lowest BCUT2D eigenvalue weighted by Crippen LogP contribution is -2.15. The van der Waals surface area contributed by atoms with Gasteiger partial charge in [0.2, 0.25) is 0 Å². The number of benzene rings is 1. The molecule has 0 amide bonds. The van der Waals surface area contributed by atoms with E-state index in [0.29, 0.717) is 0 Å². The molecular weight excluding hydrogens is 300 g/mol. The second-order valence-corrected chi connectivity index (χ2v) is 4.03. The molecule has 0 saturated carbocycles. The van der Waals surface area contributed by atoms with Crippen LogP contribution < -0.4 is 0 Å². The van der Waals surface area contributed by atoms with Gasteiger partial charge in [-0.3, -0.25) is 0 Å². The lowest BCUT2D eigenvalue weighted by molar-refractivity contribution is 0.0641. The van der Waals surface area contributed by atoms with Crippen LogP contribution in [0.25, 0.3) is 11.0 Å². The van der Waals surface area contributed by atoms with E-state index in [1.807, 2.05) is 0 Å². The molecule has 0 radical (unpaired) electrons. The number of aromatic nitrogens is 2. The van der Waals surface area contributed by atoms with Crippen LogP contribution in [0, 0.1) is 0 Å². The molecule has 1 heterocycles. The zero-order chi connectivity index (χ0) is 16.6. The van der Waals surface area contributed by atoms with Gasteiger partial charge in [-0.2, -0.15) is 0 Å². The van der Waals surface area contributed by atoms with Gasteiger partial charge >= 0.3 is 23.9 Å². The summed E-state index contributed by atoms with van der Waals surface area (Å²) in [4.78, 5) is 51.2. The highest BCUT2D eigenvalue weighted by atomic mass is 16.4. The van der Waals surface area contributed by atoms with Gasteiger partial charge in [-0.25, -0.2) is 29.1 Å². The molecule has 10 nitrogen and oxygen atoms in total. The normalized spacial score (nSPS) is 10.4. The molecule has 1 aromatic carbocycles. The SMILES string of the molecule is O=C(O)c1cc(C(=O)O)c2nc(C(=O)O)c(C(=O)O)nc2c1. The predicted molar refractivity (Wildman–Crippen MR) is 67.4 cm³/mol. The molecule has 0 aliphatic rings. The maximum Gasteiger partial charge on any atom is 0.357 e. The van der Waals surface area contributed by atoms with E-state index in [2.05, 4.69) is 9.97 Å². The standard InChI is InChI=1S/C12H6N2O8/c15-9(16)3-1-4(10(17)18)6-5(2-3)13-7(11(19)20)8(14-6)12(21)22/h1-2H,(H,15,16)(H,17,18)(H,19,20)(H,21,22). The van der Waals surface area contributed by atoms with Crippen LogP contribution in [0.5, 0.6) is 0 Å². The van der Waals surface area contributed by atoms with Crippen LogP contribution in [0.15, 0.2) is 12.1 Å². The lowest BCUT2D eigenvalue weighted by Gasteiger charge is -2.07. The minimum absolute atomic E-state index is 0.347. The first-order valence-electron chi connectivity index (χ1n) is 5.51. The van der Waals surface area contributed by atoms with Gasteiger partial charge in [-0.05, 0) is 12.1 Å². The van der Waals surface area contributed by atoms with E-state index in [0.717, 1.165) is 12.1 Å². The number of carboxylic acid groups (broad SMARTS) is 4. The zero-order valence-corrected chi connectivity index (χ0v) is 10.5. The number of hydrogen-bond donors (Lipinski definition) is 4.